The molecule has 0 aromatic carbocycles. The molecule has 11 nitrogen and oxygen atoms in total. The van der Waals surface area contributed by atoms with Crippen LogP contribution >= 0.6 is 0 Å². The van der Waals surface area contributed by atoms with Gasteiger partial charge >= 0.3 is 21.0 Å². The molecular weight excluding hydrogens is 767 g/mol. The Hall–Kier alpha value is -3.96. The summed E-state index contributed by atoms with van der Waals surface area (Å²) in [5, 5.41) is 0. The molecule has 0 atom stereocenters. The van der Waals surface area contributed by atoms with Crippen molar-refractivity contribution in [3.8, 4) is 11.5 Å². The molecular formula is C46H67N6O5V+. The fourth-order valence-electron chi connectivity index (χ4n) is 7.92. The number of hydrogen-bond acceptors (Lipinski definition) is 9. The van der Waals surface area contributed by atoms with E-state index in [0.29, 0.717) is 62.9 Å². The van der Waals surface area contributed by atoms with Gasteiger partial charge in [-0.1, -0.05) is 111 Å². The molecule has 5 heterocycles. The van der Waals surface area contributed by atoms with Gasteiger partial charge in [0, 0.05) is 23.7 Å². The zero-order chi connectivity index (χ0) is 43.2. The van der Waals surface area contributed by atoms with E-state index in [1.54, 1.807) is 0 Å². The number of ether oxygens (including phenoxy) is 4. The molecule has 58 heavy (non-hydrogen) atoms. The molecule has 0 aliphatic carbocycles. The van der Waals surface area contributed by atoms with Crippen LogP contribution in [-0.2, 0) is 30.5 Å². The minimum absolute atomic E-state index is 0.0267. The Kier molecular flexibility index (Phi) is 16.4. The van der Waals surface area contributed by atoms with Crippen LogP contribution in [0.4, 0.5) is 0 Å². The first kappa shape index (κ1) is 46.7. The summed E-state index contributed by atoms with van der Waals surface area (Å²) in [6, 6.07) is 7.83. The van der Waals surface area contributed by atoms with Crippen molar-refractivity contribution in [2.24, 2.45) is 47.3 Å². The molecule has 2 aliphatic heterocycles. The van der Waals surface area contributed by atoms with Crippen LogP contribution in [0.3, 0.4) is 0 Å². The summed E-state index contributed by atoms with van der Waals surface area (Å²) in [5.74, 6) is 5.61. The van der Waals surface area contributed by atoms with Gasteiger partial charge in [-0.05, 0) is 76.7 Å². The Balaban J connectivity index is 0.00000366. The molecule has 8 bridgehead atoms. The summed E-state index contributed by atoms with van der Waals surface area (Å²) in [6.45, 7) is 34.8. The van der Waals surface area contributed by atoms with Gasteiger partial charge in [0.15, 0.2) is 17.2 Å². The van der Waals surface area contributed by atoms with Gasteiger partial charge in [-0.25, -0.2) is 15.0 Å². The van der Waals surface area contributed by atoms with Crippen LogP contribution in [0.5, 0.6) is 11.5 Å². The topological polar surface area (TPSA) is 135 Å². The van der Waals surface area contributed by atoms with Gasteiger partial charge in [0.2, 0.25) is 0 Å². The quantitative estimate of drug-likeness (QED) is 0.148. The molecule has 0 unspecified atom stereocenters. The van der Waals surface area contributed by atoms with E-state index < -0.39 is 0 Å². The molecule has 1 N–H and O–H groups in total. The van der Waals surface area contributed by atoms with E-state index in [9.17, 15) is 0 Å². The fourth-order valence-corrected chi connectivity index (χ4v) is 7.92. The Morgan fingerprint density at radius 1 is 0.517 bits per heavy atom. The van der Waals surface area contributed by atoms with E-state index in [1.165, 1.54) is 0 Å². The molecule has 3 aromatic heterocycles. The second-order valence-electron chi connectivity index (χ2n) is 18.3. The van der Waals surface area contributed by atoms with Crippen molar-refractivity contribution < 1.29 is 40.0 Å². The third-order valence-corrected chi connectivity index (χ3v) is 10.3. The Bertz CT molecular complexity index is 2030. The average Bonchev–Trinajstić information content (AvgIpc) is 3.89. The maximum absolute atomic E-state index is 8.19. The van der Waals surface area contributed by atoms with Crippen LogP contribution < -0.4 is 14.5 Å². The van der Waals surface area contributed by atoms with Crippen molar-refractivity contribution in [1.82, 2.24) is 29.9 Å². The molecule has 0 saturated heterocycles. The fraction of sp³-hybridized carbons (Fsp3) is 0.609. The Morgan fingerprint density at radius 3 is 1.52 bits per heavy atom. The number of aromatic amines is 1. The number of hydrogen-bond donors (Lipinski definition) is 1. The number of rotatable bonds is 16. The first-order valence-corrected chi connectivity index (χ1v) is 21.6. The van der Waals surface area contributed by atoms with Gasteiger partial charge in [-0.2, -0.15) is 0 Å². The van der Waals surface area contributed by atoms with Crippen LogP contribution in [-0.4, -0.2) is 49.3 Å². The molecule has 5 rings (SSSR count). The van der Waals surface area contributed by atoms with E-state index in [4.69, 9.17) is 47.5 Å². The molecule has 3 aromatic rings. The van der Waals surface area contributed by atoms with Gasteiger partial charge in [0.25, 0.3) is 0 Å². The first-order chi connectivity index (χ1) is 27.3. The van der Waals surface area contributed by atoms with Gasteiger partial charge < -0.3 is 33.9 Å². The number of nitrogens with zero attached hydrogens (tertiary/aromatic N) is 5. The third kappa shape index (κ3) is 11.6. The SMILES string of the molecule is CC(C)C(OC1=Cc2nc1cc1cc(OC(C(C)C)C(C)C)c(nc3nc(cc4cc(OC(C(C)C)C(C)C)c(n2)[nH]4)C=C3OC(C(C)C)C(C)C)[n-]1)C(C)C.[O]=[V+2]. The summed E-state index contributed by atoms with van der Waals surface area (Å²) >= 11 is 1.06. The number of aromatic nitrogens is 6. The van der Waals surface area contributed by atoms with Crippen LogP contribution in [0.2, 0.25) is 0 Å². The minimum atomic E-state index is -0.0583. The monoisotopic (exact) mass is 834 g/mol. The van der Waals surface area contributed by atoms with E-state index in [-0.39, 0.29) is 71.8 Å². The summed E-state index contributed by atoms with van der Waals surface area (Å²) in [6.07, 6.45) is 3.69. The van der Waals surface area contributed by atoms with Crippen molar-refractivity contribution in [1.29, 1.82) is 0 Å². The van der Waals surface area contributed by atoms with Gasteiger partial charge in [0.05, 0.1) is 11.5 Å². The summed E-state index contributed by atoms with van der Waals surface area (Å²) in [7, 11) is 0. The molecule has 0 radical (unpaired) electrons. The van der Waals surface area contributed by atoms with Gasteiger partial charge in [-0.15, -0.1) is 0 Å². The predicted molar refractivity (Wildman–Crippen MR) is 229 cm³/mol. The number of H-pyrrole nitrogens is 1. The Labute approximate surface area is 355 Å². The molecule has 0 saturated carbocycles. The molecule has 315 valence electrons. The second-order valence-corrected chi connectivity index (χ2v) is 18.3. The number of fused-ring (bicyclic) bond motifs is 8. The van der Waals surface area contributed by atoms with E-state index in [1.807, 2.05) is 36.4 Å². The van der Waals surface area contributed by atoms with Crippen molar-refractivity contribution in [3.63, 3.8) is 0 Å². The van der Waals surface area contributed by atoms with Crippen LogP contribution in [0, 0.1) is 47.3 Å². The zero-order valence-electron chi connectivity index (χ0n) is 37.6. The normalized spacial score (nSPS) is 13.3. The zero-order valence-corrected chi connectivity index (χ0v) is 39.0. The number of nitrogens with one attached hydrogen (secondary N) is 1. The van der Waals surface area contributed by atoms with Crippen molar-refractivity contribution in [2.75, 3.05) is 0 Å². The first-order valence-electron chi connectivity index (χ1n) is 21.0. The predicted octanol–water partition coefficient (Wildman–Crippen LogP) is 11.1. The van der Waals surface area contributed by atoms with E-state index >= 15 is 0 Å². The average molecular weight is 835 g/mol. The summed E-state index contributed by atoms with van der Waals surface area (Å²) in [4.78, 5) is 28.8. The van der Waals surface area contributed by atoms with E-state index in [0.717, 1.165) is 22.9 Å². The summed E-state index contributed by atoms with van der Waals surface area (Å²) < 4.78 is 35.2. The maximum atomic E-state index is 8.19. The van der Waals surface area contributed by atoms with Crippen molar-refractivity contribution >= 4 is 46.0 Å². The van der Waals surface area contributed by atoms with E-state index in [2.05, 4.69) is 116 Å². The van der Waals surface area contributed by atoms with Crippen LogP contribution in [0.1, 0.15) is 134 Å². The van der Waals surface area contributed by atoms with Crippen LogP contribution in [0.15, 0.2) is 24.3 Å². The molecule has 0 fully saturated rings. The summed E-state index contributed by atoms with van der Waals surface area (Å²) in [5.41, 5.74) is 3.73. The van der Waals surface area contributed by atoms with Crippen molar-refractivity contribution in [3.05, 3.63) is 47.3 Å². The standard InChI is InChI=1S/C46H67N6O4.O.V/c1-23(2)40(24(3)4)53-35-22-39-50-34(35)18-33-21-38(56-43(29(13)14)30(15)16)46(49-33)52-45-37(55-42(27(9)10)28(11)12)20-32(48-45)17-31-19-36(44(47-31)51-39)54-41(25(5)6)26(7)8;;/h17-30,40-43H,1-16H3,(H-,47,48,49,50,51,52);;/q-1;;+2. The molecule has 12 heteroatoms. The van der Waals surface area contributed by atoms with Crippen molar-refractivity contribution in [2.45, 2.75) is 135 Å². The third-order valence-electron chi connectivity index (χ3n) is 10.3. The van der Waals surface area contributed by atoms with Gasteiger partial charge in [-0.3, -0.25) is 0 Å². The van der Waals surface area contributed by atoms with Crippen LogP contribution in [0.25, 0.3) is 46.0 Å². The Morgan fingerprint density at radius 2 is 1.00 bits per heavy atom. The molecule has 2 aliphatic rings. The second kappa shape index (κ2) is 20.3. The van der Waals surface area contributed by atoms with Gasteiger partial charge in [0.1, 0.15) is 47.4 Å². The molecule has 0 amide bonds. The molecule has 0 spiro atoms.